The van der Waals surface area contributed by atoms with E-state index in [1.54, 1.807) is 12.1 Å². The van der Waals surface area contributed by atoms with Gasteiger partial charge in [0.25, 0.3) is 5.91 Å². The van der Waals surface area contributed by atoms with Crippen LogP contribution in [0.2, 0.25) is 0 Å². The van der Waals surface area contributed by atoms with Gasteiger partial charge in [0.15, 0.2) is 0 Å². The average Bonchev–Trinajstić information content (AvgIpc) is 2.84. The average molecular weight is 487 g/mol. The van der Waals surface area contributed by atoms with Crippen molar-refractivity contribution >= 4 is 27.7 Å². The van der Waals surface area contributed by atoms with E-state index in [0.717, 1.165) is 49.3 Å². The Kier molecular flexibility index (Phi) is 8.41. The van der Waals surface area contributed by atoms with E-state index in [-0.39, 0.29) is 11.4 Å². The Morgan fingerprint density at radius 2 is 1.91 bits per heavy atom. The number of carboxylic acid groups (broad SMARTS) is 1. The minimum Gasteiger partial charge on any atom is -0.480 e. The van der Waals surface area contributed by atoms with Gasteiger partial charge in [-0.1, -0.05) is 24.3 Å². The van der Waals surface area contributed by atoms with Crippen molar-refractivity contribution in [2.24, 2.45) is 0 Å². The summed E-state index contributed by atoms with van der Waals surface area (Å²) in [5, 5.41) is 15.1. The van der Waals surface area contributed by atoms with Gasteiger partial charge in [0.2, 0.25) is 10.0 Å². The van der Waals surface area contributed by atoms with Gasteiger partial charge in [-0.3, -0.25) is 9.59 Å². The maximum atomic E-state index is 12.4. The van der Waals surface area contributed by atoms with Crippen LogP contribution in [0.25, 0.3) is 0 Å². The van der Waals surface area contributed by atoms with E-state index in [4.69, 9.17) is 4.98 Å². The Hall–Kier alpha value is -3.24. The number of aryl methyl sites for hydroxylation is 3. The molecule has 0 aliphatic carbocycles. The summed E-state index contributed by atoms with van der Waals surface area (Å²) in [6.45, 7) is 3.46. The predicted molar refractivity (Wildman–Crippen MR) is 130 cm³/mol. The Balaban J connectivity index is 1.54. The number of hydrogen-bond donors (Lipinski definition) is 4. The summed E-state index contributed by atoms with van der Waals surface area (Å²) in [7, 11) is -3.94. The molecule has 1 aliphatic rings. The van der Waals surface area contributed by atoms with E-state index in [0.29, 0.717) is 5.56 Å². The van der Waals surface area contributed by atoms with Crippen molar-refractivity contribution in [2.45, 2.75) is 45.6 Å². The number of anilines is 1. The number of hydrogen-bond acceptors (Lipinski definition) is 6. The number of carbonyl (C=O) groups is 2. The fourth-order valence-electron chi connectivity index (χ4n) is 3.51. The molecular formula is C24H30N4O5S. The van der Waals surface area contributed by atoms with Crippen molar-refractivity contribution in [2.75, 3.05) is 18.4 Å². The molecule has 1 aromatic heterocycles. The zero-order chi connectivity index (χ0) is 24.7. The highest BCUT2D eigenvalue weighted by molar-refractivity contribution is 7.93. The SMILES string of the molecule is C/C=C(\C)S(=O)(=O)NC(CNC(=O)c1ccc(CCc2ccc3c(n2)NCCC3)cc1)C(=O)O. The van der Waals surface area contributed by atoms with Gasteiger partial charge in [0.05, 0.1) is 4.91 Å². The lowest BCUT2D eigenvalue weighted by atomic mass is 10.0. The molecule has 4 N–H and O–H groups in total. The van der Waals surface area contributed by atoms with E-state index in [9.17, 15) is 23.1 Å². The van der Waals surface area contributed by atoms with E-state index >= 15 is 0 Å². The molecule has 1 aromatic carbocycles. The summed E-state index contributed by atoms with van der Waals surface area (Å²) in [5.74, 6) is -0.894. The standard InChI is InChI=1S/C24H30N4O5S/c1-3-16(2)34(32,33)28-21(24(30)31)15-26-23(29)19-9-6-17(7-10-19)8-12-20-13-11-18-5-4-14-25-22(18)27-20/h3,6-7,9-11,13,21,28H,4-5,8,12,14-15H2,1-2H3,(H,25,27)(H,26,29)(H,30,31)/b16-3+. The van der Waals surface area contributed by atoms with Crippen LogP contribution in [0.1, 0.15) is 47.4 Å². The van der Waals surface area contributed by atoms with Crippen LogP contribution in [0.15, 0.2) is 47.4 Å². The van der Waals surface area contributed by atoms with Gasteiger partial charge in [-0.2, -0.15) is 4.72 Å². The first-order chi connectivity index (χ1) is 16.2. The third-order valence-electron chi connectivity index (χ3n) is 5.73. The second kappa shape index (κ2) is 11.3. The quantitative estimate of drug-likeness (QED) is 0.404. The molecule has 0 bridgehead atoms. The molecule has 34 heavy (non-hydrogen) atoms. The molecule has 2 aromatic rings. The highest BCUT2D eigenvalue weighted by Gasteiger charge is 2.25. The fourth-order valence-corrected chi connectivity index (χ4v) is 4.57. The summed E-state index contributed by atoms with van der Waals surface area (Å²) in [5.41, 5.74) is 3.66. The van der Waals surface area contributed by atoms with Crippen molar-refractivity contribution < 1.29 is 23.1 Å². The number of rotatable bonds is 10. The highest BCUT2D eigenvalue weighted by atomic mass is 32.2. The summed E-state index contributed by atoms with van der Waals surface area (Å²) in [6, 6.07) is 9.71. The van der Waals surface area contributed by atoms with E-state index in [1.807, 2.05) is 12.1 Å². The monoisotopic (exact) mass is 486 g/mol. The van der Waals surface area contributed by atoms with Crippen molar-refractivity contribution in [1.82, 2.24) is 15.0 Å². The maximum Gasteiger partial charge on any atom is 0.323 e. The summed E-state index contributed by atoms with van der Waals surface area (Å²) in [4.78, 5) is 28.6. The van der Waals surface area contributed by atoms with Gasteiger partial charge in [-0.15, -0.1) is 0 Å². The number of pyridine rings is 1. The van der Waals surface area contributed by atoms with E-state index in [2.05, 4.69) is 27.5 Å². The van der Waals surface area contributed by atoms with Crippen LogP contribution < -0.4 is 15.4 Å². The molecule has 10 heteroatoms. The highest BCUT2D eigenvalue weighted by Crippen LogP contribution is 2.20. The molecule has 0 spiro atoms. The maximum absolute atomic E-state index is 12.4. The first kappa shape index (κ1) is 25.4. The minimum absolute atomic E-state index is 0.00233. The lowest BCUT2D eigenvalue weighted by molar-refractivity contribution is -0.138. The molecular weight excluding hydrogens is 456 g/mol. The number of nitrogens with zero attached hydrogens (tertiary/aromatic N) is 1. The topological polar surface area (TPSA) is 137 Å². The first-order valence-electron chi connectivity index (χ1n) is 11.2. The van der Waals surface area contributed by atoms with Gasteiger partial charge in [0, 0.05) is 24.3 Å². The number of aromatic nitrogens is 1. The summed E-state index contributed by atoms with van der Waals surface area (Å²) in [6.07, 6.45) is 5.07. The number of allylic oxidation sites excluding steroid dienone is 2. The lowest BCUT2D eigenvalue weighted by Gasteiger charge is -2.17. The van der Waals surface area contributed by atoms with Crippen LogP contribution in [0.4, 0.5) is 5.82 Å². The van der Waals surface area contributed by atoms with Crippen LogP contribution in [0.3, 0.4) is 0 Å². The molecule has 0 fully saturated rings. The third-order valence-corrected chi connectivity index (χ3v) is 7.41. The van der Waals surface area contributed by atoms with Gasteiger partial charge < -0.3 is 15.7 Å². The number of amides is 1. The number of benzene rings is 1. The number of nitrogens with one attached hydrogen (secondary N) is 3. The number of sulfonamides is 1. The molecule has 1 atom stereocenters. The van der Waals surface area contributed by atoms with Crippen LogP contribution >= 0.6 is 0 Å². The molecule has 9 nitrogen and oxygen atoms in total. The van der Waals surface area contributed by atoms with Gasteiger partial charge in [0.1, 0.15) is 11.9 Å². The molecule has 1 aliphatic heterocycles. The van der Waals surface area contributed by atoms with E-state index < -0.39 is 27.9 Å². The lowest BCUT2D eigenvalue weighted by Crippen LogP contribution is -2.48. The van der Waals surface area contributed by atoms with Gasteiger partial charge in [-0.25, -0.2) is 13.4 Å². The molecule has 182 valence electrons. The molecule has 2 heterocycles. The van der Waals surface area contributed by atoms with Crippen LogP contribution in [0, 0.1) is 0 Å². The Morgan fingerprint density at radius 3 is 2.59 bits per heavy atom. The molecule has 1 unspecified atom stereocenters. The largest absolute Gasteiger partial charge is 0.480 e. The number of carboxylic acids is 1. The van der Waals surface area contributed by atoms with Crippen molar-refractivity contribution in [1.29, 1.82) is 0 Å². The number of aliphatic carboxylic acids is 1. The van der Waals surface area contributed by atoms with Crippen molar-refractivity contribution in [3.63, 3.8) is 0 Å². The molecule has 0 saturated heterocycles. The Bertz CT molecular complexity index is 1180. The Morgan fingerprint density at radius 1 is 1.18 bits per heavy atom. The zero-order valence-corrected chi connectivity index (χ0v) is 20.1. The predicted octanol–water partition coefficient (Wildman–Crippen LogP) is 2.25. The van der Waals surface area contributed by atoms with Crippen molar-refractivity contribution in [3.8, 4) is 0 Å². The zero-order valence-electron chi connectivity index (χ0n) is 19.3. The summed E-state index contributed by atoms with van der Waals surface area (Å²) >= 11 is 0. The number of carbonyl (C=O) groups excluding carboxylic acids is 1. The smallest absolute Gasteiger partial charge is 0.323 e. The minimum atomic E-state index is -3.94. The number of fused-ring (bicyclic) bond motifs is 1. The third kappa shape index (κ3) is 6.64. The molecule has 0 saturated carbocycles. The summed E-state index contributed by atoms with van der Waals surface area (Å²) < 4.78 is 26.3. The molecule has 0 radical (unpaired) electrons. The second-order valence-electron chi connectivity index (χ2n) is 8.16. The Labute approximate surface area is 199 Å². The van der Waals surface area contributed by atoms with Crippen LogP contribution in [-0.4, -0.2) is 49.5 Å². The van der Waals surface area contributed by atoms with Crippen LogP contribution in [0.5, 0.6) is 0 Å². The van der Waals surface area contributed by atoms with Gasteiger partial charge in [-0.05, 0) is 68.9 Å². The van der Waals surface area contributed by atoms with Crippen LogP contribution in [-0.2, 0) is 34.1 Å². The molecule has 3 rings (SSSR count). The van der Waals surface area contributed by atoms with Crippen molar-refractivity contribution in [3.05, 3.63) is 69.8 Å². The molecule has 1 amide bonds. The first-order valence-corrected chi connectivity index (χ1v) is 12.7. The second-order valence-corrected chi connectivity index (χ2v) is 10.0. The fraction of sp³-hybridized carbons (Fsp3) is 0.375. The van der Waals surface area contributed by atoms with E-state index in [1.165, 1.54) is 25.5 Å². The normalized spacial score (nSPS) is 14.6. The van der Waals surface area contributed by atoms with Gasteiger partial charge >= 0.3 is 5.97 Å².